The van der Waals surface area contributed by atoms with Crippen LogP contribution >= 0.6 is 0 Å². The molecule has 5 nitrogen and oxygen atoms in total. The van der Waals surface area contributed by atoms with E-state index >= 15 is 0 Å². The highest BCUT2D eigenvalue weighted by Gasteiger charge is 2.28. The van der Waals surface area contributed by atoms with Gasteiger partial charge in [-0.1, -0.05) is 0 Å². The standard InChI is InChI=1S/C12H17N3O2/c1-8(9-2-4-13-5-3-9)15-12(17)11-6-10(16)7-14-11/h2-5,8,10-11,14,16H,6-7H2,1H3,(H,15,17)/t8-,10?,11?/m0/s1. The predicted molar refractivity (Wildman–Crippen MR) is 63.2 cm³/mol. The average molecular weight is 235 g/mol. The van der Waals surface area contributed by atoms with Crippen LogP contribution in [-0.2, 0) is 4.79 Å². The number of aliphatic hydroxyl groups excluding tert-OH is 1. The SMILES string of the molecule is C[C@H](NC(=O)C1CC(O)CN1)c1ccncc1. The van der Waals surface area contributed by atoms with Gasteiger partial charge < -0.3 is 15.7 Å². The van der Waals surface area contributed by atoms with E-state index in [1.54, 1.807) is 12.4 Å². The second-order valence-electron chi connectivity index (χ2n) is 4.36. The first kappa shape index (κ1) is 12.0. The summed E-state index contributed by atoms with van der Waals surface area (Å²) in [6.45, 7) is 2.42. The molecule has 3 atom stereocenters. The zero-order chi connectivity index (χ0) is 12.3. The molecule has 0 aromatic carbocycles. The number of hydrogen-bond acceptors (Lipinski definition) is 4. The lowest BCUT2D eigenvalue weighted by molar-refractivity contribution is -0.123. The first-order valence-electron chi connectivity index (χ1n) is 5.78. The van der Waals surface area contributed by atoms with Crippen molar-refractivity contribution in [3.8, 4) is 0 Å². The van der Waals surface area contributed by atoms with Crippen LogP contribution in [0.5, 0.6) is 0 Å². The van der Waals surface area contributed by atoms with Crippen molar-refractivity contribution in [1.82, 2.24) is 15.6 Å². The smallest absolute Gasteiger partial charge is 0.237 e. The Morgan fingerprint density at radius 3 is 2.88 bits per heavy atom. The normalized spacial score (nSPS) is 25.5. The van der Waals surface area contributed by atoms with Gasteiger partial charge in [0.25, 0.3) is 0 Å². The molecule has 92 valence electrons. The fourth-order valence-corrected chi connectivity index (χ4v) is 1.97. The highest BCUT2D eigenvalue weighted by molar-refractivity contribution is 5.82. The summed E-state index contributed by atoms with van der Waals surface area (Å²) in [5.74, 6) is -0.0640. The Hall–Kier alpha value is -1.46. The molecule has 1 fully saturated rings. The van der Waals surface area contributed by atoms with E-state index in [1.165, 1.54) is 0 Å². The number of hydrogen-bond donors (Lipinski definition) is 3. The molecule has 2 unspecified atom stereocenters. The van der Waals surface area contributed by atoms with Gasteiger partial charge in [0.15, 0.2) is 0 Å². The van der Waals surface area contributed by atoms with Crippen molar-refractivity contribution in [2.75, 3.05) is 6.54 Å². The third-order valence-electron chi connectivity index (χ3n) is 2.99. The quantitative estimate of drug-likeness (QED) is 0.688. The summed E-state index contributed by atoms with van der Waals surface area (Å²) >= 11 is 0. The van der Waals surface area contributed by atoms with E-state index in [9.17, 15) is 9.90 Å². The van der Waals surface area contributed by atoms with Crippen molar-refractivity contribution < 1.29 is 9.90 Å². The Morgan fingerprint density at radius 2 is 2.29 bits per heavy atom. The van der Waals surface area contributed by atoms with Crippen molar-refractivity contribution >= 4 is 5.91 Å². The summed E-state index contributed by atoms with van der Waals surface area (Å²) in [4.78, 5) is 15.8. The molecule has 5 heteroatoms. The number of aliphatic hydroxyl groups is 1. The number of β-amino-alcohol motifs (C(OH)–C–C–N with tert-alkyl or cyclic N) is 1. The van der Waals surface area contributed by atoms with Gasteiger partial charge in [0.05, 0.1) is 18.2 Å². The molecule has 0 radical (unpaired) electrons. The maximum Gasteiger partial charge on any atom is 0.237 e. The van der Waals surface area contributed by atoms with Gasteiger partial charge >= 0.3 is 0 Å². The topological polar surface area (TPSA) is 74.2 Å². The van der Waals surface area contributed by atoms with Gasteiger partial charge in [0, 0.05) is 18.9 Å². The zero-order valence-corrected chi connectivity index (χ0v) is 9.76. The van der Waals surface area contributed by atoms with Crippen molar-refractivity contribution in [2.45, 2.75) is 31.5 Å². The molecule has 1 saturated heterocycles. The number of nitrogens with one attached hydrogen (secondary N) is 2. The maximum absolute atomic E-state index is 11.9. The molecule has 2 rings (SSSR count). The number of nitrogens with zero attached hydrogens (tertiary/aromatic N) is 1. The number of carbonyl (C=O) groups excluding carboxylic acids is 1. The monoisotopic (exact) mass is 235 g/mol. The molecule has 0 spiro atoms. The molecule has 0 bridgehead atoms. The molecule has 3 N–H and O–H groups in total. The summed E-state index contributed by atoms with van der Waals surface area (Å²) in [5.41, 5.74) is 1.02. The van der Waals surface area contributed by atoms with Gasteiger partial charge in [-0.25, -0.2) is 0 Å². The molecule has 1 amide bonds. The summed E-state index contributed by atoms with van der Waals surface area (Å²) in [7, 11) is 0. The number of carbonyl (C=O) groups is 1. The van der Waals surface area contributed by atoms with Gasteiger partial charge in [-0.3, -0.25) is 9.78 Å². The van der Waals surface area contributed by atoms with Crippen LogP contribution in [0.3, 0.4) is 0 Å². The Balaban J connectivity index is 1.91. The lowest BCUT2D eigenvalue weighted by atomic mass is 10.1. The molecule has 2 heterocycles. The van der Waals surface area contributed by atoms with E-state index in [4.69, 9.17) is 0 Å². The van der Waals surface area contributed by atoms with E-state index in [0.29, 0.717) is 13.0 Å². The number of amides is 1. The summed E-state index contributed by atoms with van der Waals surface area (Å²) in [6, 6.07) is 3.42. The number of aromatic nitrogens is 1. The van der Waals surface area contributed by atoms with Crippen LogP contribution in [0.4, 0.5) is 0 Å². The van der Waals surface area contributed by atoms with Gasteiger partial charge in [-0.15, -0.1) is 0 Å². The lowest BCUT2D eigenvalue weighted by Gasteiger charge is -2.17. The minimum Gasteiger partial charge on any atom is -0.392 e. The lowest BCUT2D eigenvalue weighted by Crippen LogP contribution is -2.41. The van der Waals surface area contributed by atoms with E-state index < -0.39 is 6.10 Å². The zero-order valence-electron chi connectivity index (χ0n) is 9.76. The molecule has 0 saturated carbocycles. The fraction of sp³-hybridized carbons (Fsp3) is 0.500. The number of pyridine rings is 1. The van der Waals surface area contributed by atoms with Crippen LogP contribution in [0.25, 0.3) is 0 Å². The van der Waals surface area contributed by atoms with Gasteiger partial charge in [-0.2, -0.15) is 0 Å². The van der Waals surface area contributed by atoms with E-state index in [0.717, 1.165) is 5.56 Å². The first-order chi connectivity index (χ1) is 8.16. The van der Waals surface area contributed by atoms with Crippen LogP contribution in [-0.4, -0.2) is 34.7 Å². The molecule has 1 aliphatic rings. The predicted octanol–water partition coefficient (Wildman–Crippen LogP) is -0.0184. The first-order valence-corrected chi connectivity index (χ1v) is 5.78. The second-order valence-corrected chi connectivity index (χ2v) is 4.36. The second kappa shape index (κ2) is 5.25. The number of rotatable bonds is 3. The Bertz CT molecular complexity index is 383. The van der Waals surface area contributed by atoms with Crippen LogP contribution < -0.4 is 10.6 Å². The molecular weight excluding hydrogens is 218 g/mol. The van der Waals surface area contributed by atoms with Gasteiger partial charge in [0.2, 0.25) is 5.91 Å². The summed E-state index contributed by atoms with van der Waals surface area (Å²) in [6.07, 6.45) is 3.47. The maximum atomic E-state index is 11.9. The summed E-state index contributed by atoms with van der Waals surface area (Å²) in [5, 5.41) is 15.3. The highest BCUT2D eigenvalue weighted by Crippen LogP contribution is 2.12. The molecule has 1 aromatic rings. The Labute approximate surface area is 100 Å². The minimum absolute atomic E-state index is 0.0509. The van der Waals surface area contributed by atoms with Gasteiger partial charge in [-0.05, 0) is 31.0 Å². The highest BCUT2D eigenvalue weighted by atomic mass is 16.3. The molecular formula is C12H17N3O2. The third kappa shape index (κ3) is 3.01. The van der Waals surface area contributed by atoms with Crippen molar-refractivity contribution in [1.29, 1.82) is 0 Å². The molecule has 17 heavy (non-hydrogen) atoms. The van der Waals surface area contributed by atoms with Crippen LogP contribution in [0.2, 0.25) is 0 Å². The van der Waals surface area contributed by atoms with Crippen molar-refractivity contribution in [3.63, 3.8) is 0 Å². The van der Waals surface area contributed by atoms with Gasteiger partial charge in [0.1, 0.15) is 0 Å². The molecule has 0 aliphatic carbocycles. The van der Waals surface area contributed by atoms with Crippen molar-refractivity contribution in [3.05, 3.63) is 30.1 Å². The van der Waals surface area contributed by atoms with E-state index in [2.05, 4.69) is 15.6 Å². The Kier molecular flexibility index (Phi) is 3.71. The largest absolute Gasteiger partial charge is 0.392 e. The van der Waals surface area contributed by atoms with Crippen LogP contribution in [0.1, 0.15) is 24.9 Å². The third-order valence-corrected chi connectivity index (χ3v) is 2.99. The molecule has 1 aromatic heterocycles. The average Bonchev–Trinajstić information content (AvgIpc) is 2.77. The van der Waals surface area contributed by atoms with Crippen LogP contribution in [0.15, 0.2) is 24.5 Å². The van der Waals surface area contributed by atoms with Crippen LogP contribution in [0, 0.1) is 0 Å². The summed E-state index contributed by atoms with van der Waals surface area (Å²) < 4.78 is 0. The fourth-order valence-electron chi connectivity index (χ4n) is 1.97. The van der Waals surface area contributed by atoms with E-state index in [1.807, 2.05) is 19.1 Å². The molecule has 1 aliphatic heterocycles. The Morgan fingerprint density at radius 1 is 1.59 bits per heavy atom. The van der Waals surface area contributed by atoms with E-state index in [-0.39, 0.29) is 18.0 Å². The minimum atomic E-state index is -0.415. The van der Waals surface area contributed by atoms with Crippen molar-refractivity contribution in [2.24, 2.45) is 0 Å².